The molecule has 0 atom stereocenters. The van der Waals surface area contributed by atoms with Crippen LogP contribution in [-0.4, -0.2) is 29.2 Å². The fraction of sp³-hybridized carbons (Fsp3) is 0.692. The summed E-state index contributed by atoms with van der Waals surface area (Å²) < 4.78 is 10.8. The molecule has 5 heteroatoms. The van der Waals surface area contributed by atoms with E-state index >= 15 is 0 Å². The van der Waals surface area contributed by atoms with E-state index in [-0.39, 0.29) is 5.54 Å². The number of nitrogens with zero attached hydrogens (tertiary/aromatic N) is 2. The molecule has 0 radical (unpaired) electrons. The Bertz CT molecular complexity index is 403. The first kappa shape index (κ1) is 13.1. The van der Waals surface area contributed by atoms with E-state index in [4.69, 9.17) is 15.2 Å². The van der Waals surface area contributed by atoms with Crippen LogP contribution in [0.3, 0.4) is 0 Å². The number of nitrogens with two attached hydrogens (primary N) is 1. The summed E-state index contributed by atoms with van der Waals surface area (Å²) in [5, 5.41) is 0. The van der Waals surface area contributed by atoms with Crippen molar-refractivity contribution in [2.45, 2.75) is 44.6 Å². The molecule has 5 nitrogen and oxygen atoms in total. The molecular formula is C13H21N3O2. The molecule has 2 N–H and O–H groups in total. The minimum absolute atomic E-state index is 0.204. The topological polar surface area (TPSA) is 70.3 Å². The maximum Gasteiger partial charge on any atom is 0.220 e. The Morgan fingerprint density at radius 2 is 1.89 bits per heavy atom. The van der Waals surface area contributed by atoms with Gasteiger partial charge in [-0.3, -0.25) is 0 Å². The fourth-order valence-corrected chi connectivity index (χ4v) is 2.31. The summed E-state index contributed by atoms with van der Waals surface area (Å²) in [6, 6.07) is 1.69. The lowest BCUT2D eigenvalue weighted by atomic mass is 9.83. The number of hydrogen-bond acceptors (Lipinski definition) is 5. The van der Waals surface area contributed by atoms with E-state index in [0.29, 0.717) is 24.2 Å². The van der Waals surface area contributed by atoms with E-state index in [2.05, 4.69) is 9.97 Å². The molecule has 1 aromatic rings. The molecule has 0 unspecified atom stereocenters. The third-order valence-electron chi connectivity index (χ3n) is 3.36. The molecule has 1 fully saturated rings. The zero-order chi connectivity index (χ0) is 13.0. The molecule has 0 spiro atoms. The van der Waals surface area contributed by atoms with Gasteiger partial charge in [0.05, 0.1) is 18.7 Å². The molecule has 1 heterocycles. The van der Waals surface area contributed by atoms with Crippen LogP contribution < -0.4 is 15.2 Å². The predicted octanol–water partition coefficient (Wildman–Crippen LogP) is 1.83. The zero-order valence-electron chi connectivity index (χ0n) is 11.1. The Balaban J connectivity index is 1.98. The van der Waals surface area contributed by atoms with E-state index in [1.54, 1.807) is 13.2 Å². The highest BCUT2D eigenvalue weighted by molar-refractivity contribution is 5.20. The number of aryl methyl sites for hydroxylation is 1. The van der Waals surface area contributed by atoms with Gasteiger partial charge in [0.1, 0.15) is 12.4 Å². The van der Waals surface area contributed by atoms with E-state index in [1.807, 2.05) is 6.92 Å². The molecular weight excluding hydrogens is 230 g/mol. The Morgan fingerprint density at radius 1 is 1.22 bits per heavy atom. The second-order valence-electron chi connectivity index (χ2n) is 5.01. The van der Waals surface area contributed by atoms with Crippen LogP contribution in [0, 0.1) is 6.92 Å². The molecule has 1 aliphatic rings. The monoisotopic (exact) mass is 251 g/mol. The first-order valence-electron chi connectivity index (χ1n) is 6.43. The van der Waals surface area contributed by atoms with Crippen LogP contribution >= 0.6 is 0 Å². The maximum absolute atomic E-state index is 6.32. The average molecular weight is 251 g/mol. The Kier molecular flexibility index (Phi) is 4.01. The van der Waals surface area contributed by atoms with Crippen LogP contribution in [0.4, 0.5) is 0 Å². The van der Waals surface area contributed by atoms with Crippen molar-refractivity contribution >= 4 is 0 Å². The van der Waals surface area contributed by atoms with Crippen molar-refractivity contribution in [3.05, 3.63) is 11.9 Å². The number of rotatable bonds is 4. The normalized spacial score (nSPS) is 18.4. The van der Waals surface area contributed by atoms with Crippen LogP contribution in [0.1, 0.15) is 37.9 Å². The second kappa shape index (κ2) is 5.52. The maximum atomic E-state index is 6.32. The highest BCUT2D eigenvalue weighted by Gasteiger charge is 2.28. The van der Waals surface area contributed by atoms with Gasteiger partial charge in [-0.2, -0.15) is 9.97 Å². The lowest BCUT2D eigenvalue weighted by Crippen LogP contribution is -2.47. The summed E-state index contributed by atoms with van der Waals surface area (Å²) in [4.78, 5) is 8.35. The first-order valence-corrected chi connectivity index (χ1v) is 6.43. The lowest BCUT2D eigenvalue weighted by molar-refractivity contribution is 0.168. The molecule has 1 saturated carbocycles. The van der Waals surface area contributed by atoms with Gasteiger partial charge in [-0.15, -0.1) is 0 Å². The van der Waals surface area contributed by atoms with Crippen LogP contribution in [-0.2, 0) is 0 Å². The van der Waals surface area contributed by atoms with Gasteiger partial charge in [-0.1, -0.05) is 19.3 Å². The van der Waals surface area contributed by atoms with Gasteiger partial charge in [0.25, 0.3) is 0 Å². The first-order chi connectivity index (χ1) is 8.61. The highest BCUT2D eigenvalue weighted by Crippen LogP contribution is 2.26. The number of aromatic nitrogens is 2. The van der Waals surface area contributed by atoms with E-state index < -0.39 is 0 Å². The minimum atomic E-state index is -0.204. The van der Waals surface area contributed by atoms with Crippen LogP contribution in [0.5, 0.6) is 11.8 Å². The third kappa shape index (κ3) is 3.32. The number of ether oxygens (including phenoxy) is 2. The van der Waals surface area contributed by atoms with Crippen LogP contribution in [0.25, 0.3) is 0 Å². The van der Waals surface area contributed by atoms with Crippen molar-refractivity contribution in [2.24, 2.45) is 5.73 Å². The molecule has 0 amide bonds. The van der Waals surface area contributed by atoms with Gasteiger partial charge in [-0.25, -0.2) is 0 Å². The van der Waals surface area contributed by atoms with Crippen molar-refractivity contribution in [1.82, 2.24) is 9.97 Å². The Labute approximate surface area is 108 Å². The van der Waals surface area contributed by atoms with Crippen molar-refractivity contribution in [2.75, 3.05) is 13.7 Å². The molecule has 1 aliphatic carbocycles. The molecule has 0 aromatic carbocycles. The highest BCUT2D eigenvalue weighted by atomic mass is 16.5. The number of hydrogen-bond donors (Lipinski definition) is 1. The molecule has 0 bridgehead atoms. The Morgan fingerprint density at radius 3 is 2.56 bits per heavy atom. The van der Waals surface area contributed by atoms with Gasteiger partial charge in [0.2, 0.25) is 11.8 Å². The Hall–Kier alpha value is -1.36. The van der Waals surface area contributed by atoms with Crippen LogP contribution in [0.15, 0.2) is 6.07 Å². The lowest BCUT2D eigenvalue weighted by Gasteiger charge is -2.32. The summed E-state index contributed by atoms with van der Waals surface area (Å²) in [7, 11) is 1.58. The second-order valence-corrected chi connectivity index (χ2v) is 5.01. The summed E-state index contributed by atoms with van der Waals surface area (Å²) in [6.07, 6.45) is 5.69. The van der Waals surface area contributed by atoms with Gasteiger partial charge >= 0.3 is 0 Å². The van der Waals surface area contributed by atoms with Crippen molar-refractivity contribution < 1.29 is 9.47 Å². The largest absolute Gasteiger partial charge is 0.481 e. The number of methoxy groups -OCH3 is 1. The smallest absolute Gasteiger partial charge is 0.220 e. The van der Waals surface area contributed by atoms with Crippen molar-refractivity contribution in [1.29, 1.82) is 0 Å². The van der Waals surface area contributed by atoms with Gasteiger partial charge in [0.15, 0.2) is 0 Å². The molecule has 1 aromatic heterocycles. The molecule has 18 heavy (non-hydrogen) atoms. The molecule has 0 aliphatic heterocycles. The van der Waals surface area contributed by atoms with E-state index in [1.165, 1.54) is 19.3 Å². The average Bonchev–Trinajstić information content (AvgIpc) is 2.37. The van der Waals surface area contributed by atoms with E-state index in [0.717, 1.165) is 12.8 Å². The summed E-state index contributed by atoms with van der Waals surface area (Å²) in [5.41, 5.74) is 6.11. The standard InChI is InChI=1S/C13H21N3O2/c1-10-15-11(17-2)8-12(16-10)18-9-13(14)6-4-3-5-7-13/h8H,3-7,9,14H2,1-2H3. The predicted molar refractivity (Wildman–Crippen MR) is 68.8 cm³/mol. The molecule has 0 saturated heterocycles. The SMILES string of the molecule is COc1cc(OCC2(N)CCCCC2)nc(C)n1. The van der Waals surface area contributed by atoms with Gasteiger partial charge in [0, 0.05) is 0 Å². The third-order valence-corrected chi connectivity index (χ3v) is 3.36. The van der Waals surface area contributed by atoms with Crippen LogP contribution in [0.2, 0.25) is 0 Å². The molecule has 2 rings (SSSR count). The summed E-state index contributed by atoms with van der Waals surface area (Å²) in [6.45, 7) is 2.32. The summed E-state index contributed by atoms with van der Waals surface area (Å²) in [5.74, 6) is 1.70. The van der Waals surface area contributed by atoms with Crippen molar-refractivity contribution in [3.63, 3.8) is 0 Å². The van der Waals surface area contributed by atoms with Gasteiger partial charge < -0.3 is 15.2 Å². The summed E-state index contributed by atoms with van der Waals surface area (Å²) >= 11 is 0. The quantitative estimate of drug-likeness (QED) is 0.884. The van der Waals surface area contributed by atoms with Crippen molar-refractivity contribution in [3.8, 4) is 11.8 Å². The van der Waals surface area contributed by atoms with Gasteiger partial charge in [-0.05, 0) is 19.8 Å². The van der Waals surface area contributed by atoms with E-state index in [9.17, 15) is 0 Å². The fourth-order valence-electron chi connectivity index (χ4n) is 2.31. The minimum Gasteiger partial charge on any atom is -0.481 e. The molecule has 100 valence electrons. The zero-order valence-corrected chi connectivity index (χ0v) is 11.1.